The quantitative estimate of drug-likeness (QED) is 0.767. The van der Waals surface area contributed by atoms with E-state index in [1.807, 2.05) is 0 Å². The molecule has 25 heavy (non-hydrogen) atoms. The van der Waals surface area contributed by atoms with Crippen molar-refractivity contribution in [3.8, 4) is 17.2 Å². The maximum absolute atomic E-state index is 11.7. The summed E-state index contributed by atoms with van der Waals surface area (Å²) in [4.78, 5) is 11.7. The van der Waals surface area contributed by atoms with Gasteiger partial charge in [0.2, 0.25) is 6.10 Å². The summed E-state index contributed by atoms with van der Waals surface area (Å²) in [6.45, 7) is 2.61. The van der Waals surface area contributed by atoms with Crippen molar-refractivity contribution in [2.24, 2.45) is 0 Å². The van der Waals surface area contributed by atoms with Crippen molar-refractivity contribution in [3.05, 3.63) is 53.1 Å². The van der Waals surface area contributed by atoms with Crippen molar-refractivity contribution in [2.75, 3.05) is 6.61 Å². The zero-order valence-electron chi connectivity index (χ0n) is 13.8. The molecule has 5 nitrogen and oxygen atoms in total. The minimum atomic E-state index is -1.19. The number of carboxylic acids is 1. The van der Waals surface area contributed by atoms with Gasteiger partial charge in [0.25, 0.3) is 0 Å². The Bertz CT molecular complexity index is 761. The van der Waals surface area contributed by atoms with Crippen LogP contribution in [0.15, 0.2) is 42.5 Å². The molecular weight excluding hydrogens is 344 g/mol. The van der Waals surface area contributed by atoms with Gasteiger partial charge in [-0.05, 0) is 36.8 Å². The fraction of sp³-hybridized carbons (Fsp3) is 0.316. The number of benzene rings is 2. The van der Waals surface area contributed by atoms with E-state index in [0.29, 0.717) is 34.4 Å². The second-order valence-electron chi connectivity index (χ2n) is 5.75. The molecule has 2 aromatic rings. The van der Waals surface area contributed by atoms with Crippen LogP contribution in [0, 0.1) is 0 Å². The van der Waals surface area contributed by atoms with Crippen LogP contribution in [0.1, 0.15) is 31.4 Å². The number of carbonyl (C=O) groups is 1. The normalized spacial score (nSPS) is 18.6. The Morgan fingerprint density at radius 3 is 2.60 bits per heavy atom. The molecule has 1 aliphatic rings. The van der Waals surface area contributed by atoms with Crippen molar-refractivity contribution in [1.29, 1.82) is 0 Å². The van der Waals surface area contributed by atoms with Crippen LogP contribution in [0.2, 0.25) is 5.02 Å². The number of unbranched alkanes of at least 4 members (excludes halogenated alkanes) is 1. The zero-order valence-corrected chi connectivity index (χ0v) is 14.5. The van der Waals surface area contributed by atoms with Gasteiger partial charge < -0.3 is 19.3 Å². The summed E-state index contributed by atoms with van der Waals surface area (Å²) in [5, 5.41) is 10.1. The lowest BCUT2D eigenvalue weighted by molar-refractivity contribution is -0.151. The maximum Gasteiger partial charge on any atom is 0.349 e. The topological polar surface area (TPSA) is 65.0 Å². The standard InChI is InChI=1S/C19H19ClO5/c1-2-3-10-23-14-9-8-12(20)11-13(14)17-18(19(21)22)25-16-7-5-4-6-15(16)24-17/h4-9,11,17-18H,2-3,10H2,1H3,(H,21,22). The number of aliphatic carboxylic acids is 1. The molecule has 6 heteroatoms. The second-order valence-corrected chi connectivity index (χ2v) is 6.18. The molecular formula is C19H19ClO5. The first-order valence-corrected chi connectivity index (χ1v) is 8.55. The number of hydrogen-bond acceptors (Lipinski definition) is 4. The highest BCUT2D eigenvalue weighted by atomic mass is 35.5. The molecule has 132 valence electrons. The fourth-order valence-electron chi connectivity index (χ4n) is 2.65. The number of halogens is 1. The highest BCUT2D eigenvalue weighted by Crippen LogP contribution is 2.42. The Labute approximate surface area is 151 Å². The van der Waals surface area contributed by atoms with Crippen LogP contribution in [0.4, 0.5) is 0 Å². The first-order valence-electron chi connectivity index (χ1n) is 8.17. The average molecular weight is 363 g/mol. The van der Waals surface area contributed by atoms with Crippen LogP contribution >= 0.6 is 11.6 Å². The number of fused-ring (bicyclic) bond motifs is 1. The molecule has 0 radical (unpaired) electrons. The predicted molar refractivity (Wildman–Crippen MR) is 93.7 cm³/mol. The third-order valence-electron chi connectivity index (χ3n) is 3.91. The Kier molecular flexibility index (Phi) is 5.34. The van der Waals surface area contributed by atoms with Gasteiger partial charge in [-0.2, -0.15) is 0 Å². The summed E-state index contributed by atoms with van der Waals surface area (Å²) in [5.41, 5.74) is 0.561. The number of ether oxygens (including phenoxy) is 3. The molecule has 1 heterocycles. The third kappa shape index (κ3) is 3.82. The molecule has 0 saturated heterocycles. The first-order chi connectivity index (χ1) is 12.1. The van der Waals surface area contributed by atoms with E-state index >= 15 is 0 Å². The van der Waals surface area contributed by atoms with Crippen molar-refractivity contribution >= 4 is 17.6 Å². The molecule has 0 fully saturated rings. The minimum absolute atomic E-state index is 0.404. The summed E-state index contributed by atoms with van der Waals surface area (Å²) >= 11 is 6.13. The number of para-hydroxylation sites is 2. The summed E-state index contributed by atoms with van der Waals surface area (Å²) in [5.74, 6) is 0.335. The molecule has 0 bridgehead atoms. The molecule has 0 aromatic heterocycles. The van der Waals surface area contributed by atoms with E-state index in [1.165, 1.54) is 0 Å². The molecule has 1 N–H and O–H groups in total. The van der Waals surface area contributed by atoms with E-state index in [2.05, 4.69) is 6.92 Å². The third-order valence-corrected chi connectivity index (χ3v) is 4.14. The SMILES string of the molecule is CCCCOc1ccc(Cl)cc1C1Oc2ccccc2OC1C(=O)O. The van der Waals surface area contributed by atoms with Crippen LogP contribution in [-0.4, -0.2) is 23.8 Å². The molecule has 2 aromatic carbocycles. The zero-order chi connectivity index (χ0) is 17.8. The molecule has 0 amide bonds. The van der Waals surface area contributed by atoms with Gasteiger partial charge in [0, 0.05) is 10.6 Å². The van der Waals surface area contributed by atoms with Crippen LogP contribution in [0.5, 0.6) is 17.2 Å². The summed E-state index contributed by atoms with van der Waals surface area (Å²) in [6.07, 6.45) is -0.156. The summed E-state index contributed by atoms with van der Waals surface area (Å²) in [7, 11) is 0. The van der Waals surface area contributed by atoms with Crippen LogP contribution in [0.25, 0.3) is 0 Å². The highest BCUT2D eigenvalue weighted by Gasteiger charge is 2.39. The first kappa shape index (κ1) is 17.4. The van der Waals surface area contributed by atoms with Crippen molar-refractivity contribution in [2.45, 2.75) is 32.0 Å². The lowest BCUT2D eigenvalue weighted by Crippen LogP contribution is -2.39. The largest absolute Gasteiger partial charge is 0.493 e. The van der Waals surface area contributed by atoms with Crippen molar-refractivity contribution in [3.63, 3.8) is 0 Å². The predicted octanol–water partition coefficient (Wildman–Crippen LogP) is 4.48. The van der Waals surface area contributed by atoms with Gasteiger partial charge in [-0.25, -0.2) is 4.79 Å². The van der Waals surface area contributed by atoms with Gasteiger partial charge >= 0.3 is 5.97 Å². The van der Waals surface area contributed by atoms with Gasteiger partial charge in [-0.3, -0.25) is 0 Å². The molecule has 0 aliphatic carbocycles. The van der Waals surface area contributed by atoms with Crippen LogP contribution in [0.3, 0.4) is 0 Å². The van der Waals surface area contributed by atoms with Crippen molar-refractivity contribution < 1.29 is 24.1 Å². The van der Waals surface area contributed by atoms with Gasteiger partial charge in [0.1, 0.15) is 5.75 Å². The Morgan fingerprint density at radius 1 is 1.20 bits per heavy atom. The molecule has 2 unspecified atom stereocenters. The average Bonchev–Trinajstić information content (AvgIpc) is 2.62. The smallest absolute Gasteiger partial charge is 0.349 e. The van der Waals surface area contributed by atoms with E-state index in [-0.39, 0.29) is 0 Å². The highest BCUT2D eigenvalue weighted by molar-refractivity contribution is 6.30. The molecule has 1 aliphatic heterocycles. The second kappa shape index (κ2) is 7.66. The lowest BCUT2D eigenvalue weighted by atomic mass is 10.0. The van der Waals surface area contributed by atoms with Gasteiger partial charge in [0.15, 0.2) is 17.6 Å². The van der Waals surface area contributed by atoms with E-state index in [9.17, 15) is 9.90 Å². The molecule has 2 atom stereocenters. The monoisotopic (exact) mass is 362 g/mol. The van der Waals surface area contributed by atoms with Gasteiger partial charge in [-0.1, -0.05) is 37.1 Å². The van der Waals surface area contributed by atoms with Crippen LogP contribution in [-0.2, 0) is 4.79 Å². The molecule has 0 spiro atoms. The summed E-state index contributed by atoms with van der Waals surface area (Å²) in [6, 6.07) is 12.1. The minimum Gasteiger partial charge on any atom is -0.493 e. The number of rotatable bonds is 6. The van der Waals surface area contributed by atoms with Crippen LogP contribution < -0.4 is 14.2 Å². The number of hydrogen-bond donors (Lipinski definition) is 1. The van der Waals surface area contributed by atoms with E-state index in [1.54, 1.807) is 42.5 Å². The lowest BCUT2D eigenvalue weighted by Gasteiger charge is -2.32. The van der Waals surface area contributed by atoms with E-state index in [0.717, 1.165) is 12.8 Å². The Hall–Kier alpha value is -2.40. The molecule has 3 rings (SSSR count). The number of carboxylic acid groups (broad SMARTS) is 1. The van der Waals surface area contributed by atoms with Gasteiger partial charge in [0.05, 0.1) is 6.61 Å². The Balaban J connectivity index is 1.98. The maximum atomic E-state index is 11.7. The van der Waals surface area contributed by atoms with Crippen molar-refractivity contribution in [1.82, 2.24) is 0 Å². The van der Waals surface area contributed by atoms with Gasteiger partial charge in [-0.15, -0.1) is 0 Å². The van der Waals surface area contributed by atoms with E-state index in [4.69, 9.17) is 25.8 Å². The van der Waals surface area contributed by atoms with E-state index < -0.39 is 18.2 Å². The Morgan fingerprint density at radius 2 is 1.92 bits per heavy atom. The fourth-order valence-corrected chi connectivity index (χ4v) is 2.83. The molecule has 0 saturated carbocycles. The summed E-state index contributed by atoms with van der Waals surface area (Å²) < 4.78 is 17.4.